The number of piperidine rings is 1. The molecule has 1 amide bonds. The Labute approximate surface area is 138 Å². The maximum atomic E-state index is 12.8. The third kappa shape index (κ3) is 2.53. The van der Waals surface area contributed by atoms with Crippen molar-refractivity contribution >= 4 is 16.9 Å². The Morgan fingerprint density at radius 1 is 1.38 bits per heavy atom. The highest BCUT2D eigenvalue weighted by atomic mass is 16.5. The van der Waals surface area contributed by atoms with E-state index in [2.05, 4.69) is 20.5 Å². The number of hydrogen-bond donors (Lipinski definition) is 0. The fourth-order valence-electron chi connectivity index (χ4n) is 3.21. The zero-order chi connectivity index (χ0) is 16.7. The molecule has 1 saturated heterocycles. The first-order valence-electron chi connectivity index (χ1n) is 8.01. The number of rotatable bonds is 2. The summed E-state index contributed by atoms with van der Waals surface area (Å²) in [6.07, 6.45) is 1.89. The third-order valence-corrected chi connectivity index (χ3v) is 4.47. The molecule has 0 saturated carbocycles. The standard InChI is InChI=1S/C16H18N6O2/c1-10-17-15(19-24-10)12-4-3-7-22(9-12)16(23)11-5-6-14-13(8-11)18-20-21(14)2/h5-6,8,12H,3-4,7,9H2,1-2H3. The molecule has 8 heteroatoms. The number of fused-ring (bicyclic) bond motifs is 1. The highest BCUT2D eigenvalue weighted by Crippen LogP contribution is 2.26. The fourth-order valence-corrected chi connectivity index (χ4v) is 3.21. The Balaban J connectivity index is 1.56. The van der Waals surface area contributed by atoms with Gasteiger partial charge in [0.05, 0.1) is 5.52 Å². The van der Waals surface area contributed by atoms with Crippen molar-refractivity contribution in [3.05, 3.63) is 35.5 Å². The number of aryl methyl sites for hydroxylation is 2. The van der Waals surface area contributed by atoms with Gasteiger partial charge >= 0.3 is 0 Å². The van der Waals surface area contributed by atoms with Crippen molar-refractivity contribution < 1.29 is 9.32 Å². The molecule has 0 bridgehead atoms. The van der Waals surface area contributed by atoms with Crippen LogP contribution in [0.25, 0.3) is 11.0 Å². The molecule has 1 aliphatic heterocycles. The summed E-state index contributed by atoms with van der Waals surface area (Å²) < 4.78 is 6.76. The first kappa shape index (κ1) is 14.8. The quantitative estimate of drug-likeness (QED) is 0.712. The summed E-state index contributed by atoms with van der Waals surface area (Å²) in [5, 5.41) is 12.1. The predicted molar refractivity (Wildman–Crippen MR) is 85.4 cm³/mol. The zero-order valence-corrected chi connectivity index (χ0v) is 13.6. The van der Waals surface area contributed by atoms with E-state index in [0.29, 0.717) is 23.8 Å². The van der Waals surface area contributed by atoms with Crippen molar-refractivity contribution in [1.29, 1.82) is 0 Å². The van der Waals surface area contributed by atoms with Crippen LogP contribution in [0.2, 0.25) is 0 Å². The van der Waals surface area contributed by atoms with E-state index in [9.17, 15) is 4.79 Å². The van der Waals surface area contributed by atoms with Crippen molar-refractivity contribution in [2.45, 2.75) is 25.7 Å². The molecule has 1 atom stereocenters. The van der Waals surface area contributed by atoms with Gasteiger partial charge in [0.1, 0.15) is 5.52 Å². The first-order chi connectivity index (χ1) is 11.6. The Morgan fingerprint density at radius 2 is 2.25 bits per heavy atom. The van der Waals surface area contributed by atoms with Crippen LogP contribution in [0.3, 0.4) is 0 Å². The van der Waals surface area contributed by atoms with Crippen LogP contribution in [0.4, 0.5) is 0 Å². The number of carbonyl (C=O) groups excluding carboxylic acids is 1. The van der Waals surface area contributed by atoms with Crippen molar-refractivity contribution in [2.24, 2.45) is 7.05 Å². The van der Waals surface area contributed by atoms with E-state index in [0.717, 1.165) is 30.4 Å². The van der Waals surface area contributed by atoms with Gasteiger partial charge in [-0.2, -0.15) is 4.98 Å². The molecular formula is C16H18N6O2. The summed E-state index contributed by atoms with van der Waals surface area (Å²) in [5.74, 6) is 1.38. The van der Waals surface area contributed by atoms with E-state index in [-0.39, 0.29) is 11.8 Å². The Hall–Kier alpha value is -2.77. The van der Waals surface area contributed by atoms with Crippen LogP contribution < -0.4 is 0 Å². The highest BCUT2D eigenvalue weighted by Gasteiger charge is 2.28. The van der Waals surface area contributed by atoms with Crippen molar-refractivity contribution in [1.82, 2.24) is 30.0 Å². The smallest absolute Gasteiger partial charge is 0.253 e. The number of amides is 1. The minimum Gasteiger partial charge on any atom is -0.340 e. The normalized spacial score (nSPS) is 18.2. The van der Waals surface area contributed by atoms with Crippen LogP contribution in [0.1, 0.15) is 40.8 Å². The fraction of sp³-hybridized carbons (Fsp3) is 0.438. The van der Waals surface area contributed by atoms with Crippen LogP contribution in [-0.4, -0.2) is 49.0 Å². The number of nitrogens with zero attached hydrogens (tertiary/aromatic N) is 6. The predicted octanol–water partition coefficient (Wildman–Crippen LogP) is 1.68. The van der Waals surface area contributed by atoms with Crippen LogP contribution >= 0.6 is 0 Å². The number of carbonyl (C=O) groups is 1. The van der Waals surface area contributed by atoms with Crippen LogP contribution in [0.5, 0.6) is 0 Å². The molecule has 8 nitrogen and oxygen atoms in total. The van der Waals surface area contributed by atoms with Crippen molar-refractivity contribution in [3.8, 4) is 0 Å². The second-order valence-electron chi connectivity index (χ2n) is 6.18. The molecule has 3 aromatic rings. The average Bonchev–Trinajstić information content (AvgIpc) is 3.20. The maximum Gasteiger partial charge on any atom is 0.253 e. The second kappa shape index (κ2) is 5.70. The number of aromatic nitrogens is 5. The van der Waals surface area contributed by atoms with Crippen LogP contribution in [0, 0.1) is 6.92 Å². The van der Waals surface area contributed by atoms with E-state index in [1.807, 2.05) is 24.1 Å². The van der Waals surface area contributed by atoms with Gasteiger partial charge in [-0.1, -0.05) is 10.4 Å². The second-order valence-corrected chi connectivity index (χ2v) is 6.18. The number of hydrogen-bond acceptors (Lipinski definition) is 6. The summed E-state index contributed by atoms with van der Waals surface area (Å²) in [4.78, 5) is 19.0. The zero-order valence-electron chi connectivity index (χ0n) is 13.6. The molecule has 0 N–H and O–H groups in total. The third-order valence-electron chi connectivity index (χ3n) is 4.47. The van der Waals surface area contributed by atoms with Crippen molar-refractivity contribution in [2.75, 3.05) is 13.1 Å². The molecule has 1 aliphatic rings. The summed E-state index contributed by atoms with van der Waals surface area (Å²) in [5.41, 5.74) is 2.27. The van der Waals surface area contributed by atoms with Gasteiger partial charge in [-0.15, -0.1) is 5.10 Å². The van der Waals surface area contributed by atoms with Crippen LogP contribution in [-0.2, 0) is 7.05 Å². The lowest BCUT2D eigenvalue weighted by Crippen LogP contribution is -2.39. The molecule has 1 aromatic carbocycles. The molecule has 124 valence electrons. The lowest BCUT2D eigenvalue weighted by molar-refractivity contribution is 0.0703. The van der Waals surface area contributed by atoms with Gasteiger partial charge in [0.2, 0.25) is 5.89 Å². The summed E-state index contributed by atoms with van der Waals surface area (Å²) in [6, 6.07) is 5.51. The van der Waals surface area contributed by atoms with Crippen molar-refractivity contribution in [3.63, 3.8) is 0 Å². The molecule has 1 unspecified atom stereocenters. The van der Waals surface area contributed by atoms with Gasteiger partial charge in [-0.05, 0) is 31.0 Å². The molecule has 0 spiro atoms. The summed E-state index contributed by atoms with van der Waals surface area (Å²) in [7, 11) is 1.83. The van der Waals surface area contributed by atoms with E-state index >= 15 is 0 Å². The summed E-state index contributed by atoms with van der Waals surface area (Å²) >= 11 is 0. The van der Waals surface area contributed by atoms with Gasteiger partial charge < -0.3 is 9.42 Å². The van der Waals surface area contributed by atoms with E-state index in [1.165, 1.54) is 0 Å². The first-order valence-corrected chi connectivity index (χ1v) is 8.01. The average molecular weight is 326 g/mol. The monoisotopic (exact) mass is 326 g/mol. The van der Waals surface area contributed by atoms with E-state index < -0.39 is 0 Å². The van der Waals surface area contributed by atoms with Gasteiger partial charge in [0.25, 0.3) is 5.91 Å². The van der Waals surface area contributed by atoms with Gasteiger partial charge in [0, 0.05) is 38.5 Å². The lowest BCUT2D eigenvalue weighted by atomic mass is 9.96. The molecule has 0 radical (unpaired) electrons. The molecule has 3 heterocycles. The van der Waals surface area contributed by atoms with Gasteiger partial charge in [-0.25, -0.2) is 4.68 Å². The lowest BCUT2D eigenvalue weighted by Gasteiger charge is -2.31. The summed E-state index contributed by atoms with van der Waals surface area (Å²) in [6.45, 7) is 3.12. The maximum absolute atomic E-state index is 12.8. The molecule has 2 aromatic heterocycles. The highest BCUT2D eigenvalue weighted by molar-refractivity contribution is 5.97. The Kier molecular flexibility index (Phi) is 3.51. The molecule has 24 heavy (non-hydrogen) atoms. The SMILES string of the molecule is Cc1nc(C2CCCN(C(=O)c3ccc4c(c3)nnn4C)C2)no1. The molecule has 0 aliphatic carbocycles. The number of likely N-dealkylation sites (tertiary alicyclic amines) is 1. The molecular weight excluding hydrogens is 308 g/mol. The van der Waals surface area contributed by atoms with Gasteiger partial charge in [0.15, 0.2) is 5.82 Å². The molecule has 4 rings (SSSR count). The minimum absolute atomic E-state index is 0.00692. The van der Waals surface area contributed by atoms with Crippen LogP contribution in [0.15, 0.2) is 22.7 Å². The molecule has 1 fully saturated rings. The largest absolute Gasteiger partial charge is 0.340 e. The number of benzene rings is 1. The minimum atomic E-state index is 0.00692. The Morgan fingerprint density at radius 3 is 3.04 bits per heavy atom. The van der Waals surface area contributed by atoms with E-state index in [4.69, 9.17) is 4.52 Å². The topological polar surface area (TPSA) is 89.9 Å². The Bertz CT molecular complexity index is 899. The van der Waals surface area contributed by atoms with Gasteiger partial charge in [-0.3, -0.25) is 4.79 Å². The van der Waals surface area contributed by atoms with E-state index in [1.54, 1.807) is 17.7 Å².